The lowest BCUT2D eigenvalue weighted by Gasteiger charge is -2.28. The molecule has 2 atom stereocenters. The molecular weight excluding hydrogens is 286 g/mol. The van der Waals surface area contributed by atoms with Crippen LogP contribution in [-0.4, -0.2) is 39.1 Å². The van der Waals surface area contributed by atoms with Gasteiger partial charge in [0, 0.05) is 11.3 Å². The molecule has 0 aliphatic carbocycles. The summed E-state index contributed by atoms with van der Waals surface area (Å²) < 4.78 is 0. The van der Waals surface area contributed by atoms with E-state index in [0.717, 1.165) is 24.0 Å². The zero-order chi connectivity index (χ0) is 15.6. The van der Waals surface area contributed by atoms with Crippen LogP contribution >= 0.6 is 11.8 Å². The smallest absolute Gasteiger partial charge is 0.327 e. The Bertz CT molecular complexity index is 558. The molecule has 1 N–H and O–H groups in total. The van der Waals surface area contributed by atoms with Gasteiger partial charge in [0.15, 0.2) is 0 Å². The Morgan fingerprint density at radius 2 is 2.10 bits per heavy atom. The molecule has 4 nitrogen and oxygen atoms in total. The molecule has 2 rings (SSSR count). The maximum absolute atomic E-state index is 12.9. The standard InChI is InChI=1S/C16H21NO3S/c1-4-5-14-17(13(9-21-14)16(19)20)15(18)12-8-10(2)6-7-11(12)3/h6-8,13-14H,4-5,9H2,1-3H3,(H,19,20). The van der Waals surface area contributed by atoms with E-state index in [4.69, 9.17) is 0 Å². The van der Waals surface area contributed by atoms with Crippen LogP contribution in [0.1, 0.15) is 41.3 Å². The van der Waals surface area contributed by atoms with Gasteiger partial charge in [-0.1, -0.05) is 31.0 Å². The molecule has 1 aliphatic heterocycles. The first-order chi connectivity index (χ1) is 9.95. The third-order valence-electron chi connectivity index (χ3n) is 3.77. The fourth-order valence-corrected chi connectivity index (χ4v) is 4.11. The molecule has 0 radical (unpaired) electrons. The summed E-state index contributed by atoms with van der Waals surface area (Å²) in [6.07, 6.45) is 1.76. The molecule has 0 spiro atoms. The van der Waals surface area contributed by atoms with Gasteiger partial charge in [-0.15, -0.1) is 11.8 Å². The molecule has 21 heavy (non-hydrogen) atoms. The van der Waals surface area contributed by atoms with E-state index in [1.54, 1.807) is 16.7 Å². The van der Waals surface area contributed by atoms with E-state index >= 15 is 0 Å². The number of thioether (sulfide) groups is 1. The first kappa shape index (κ1) is 15.9. The van der Waals surface area contributed by atoms with Gasteiger partial charge < -0.3 is 10.0 Å². The van der Waals surface area contributed by atoms with Crippen molar-refractivity contribution >= 4 is 23.6 Å². The van der Waals surface area contributed by atoms with E-state index in [1.165, 1.54) is 0 Å². The van der Waals surface area contributed by atoms with Crippen LogP contribution in [0, 0.1) is 13.8 Å². The number of rotatable bonds is 4. The SMILES string of the molecule is CCCC1SCC(C(=O)O)N1C(=O)c1cc(C)ccc1C. The van der Waals surface area contributed by atoms with Crippen LogP contribution in [-0.2, 0) is 4.79 Å². The molecular formula is C16H21NO3S. The minimum Gasteiger partial charge on any atom is -0.480 e. The van der Waals surface area contributed by atoms with Crippen LogP contribution in [0.5, 0.6) is 0 Å². The number of benzene rings is 1. The molecule has 5 heteroatoms. The van der Waals surface area contributed by atoms with Crippen molar-refractivity contribution in [3.05, 3.63) is 34.9 Å². The van der Waals surface area contributed by atoms with Crippen molar-refractivity contribution in [3.8, 4) is 0 Å². The molecule has 2 unspecified atom stereocenters. The molecule has 0 aromatic heterocycles. The van der Waals surface area contributed by atoms with Crippen molar-refractivity contribution < 1.29 is 14.7 Å². The summed E-state index contributed by atoms with van der Waals surface area (Å²) in [5.74, 6) is -0.608. The predicted octanol–water partition coefficient (Wildman–Crippen LogP) is 3.07. The van der Waals surface area contributed by atoms with Crippen molar-refractivity contribution in [2.75, 3.05) is 5.75 Å². The second kappa shape index (κ2) is 6.52. The predicted molar refractivity (Wildman–Crippen MR) is 84.7 cm³/mol. The Morgan fingerprint density at radius 1 is 1.38 bits per heavy atom. The number of carbonyl (C=O) groups is 2. The van der Waals surface area contributed by atoms with Crippen LogP contribution in [0.3, 0.4) is 0 Å². The zero-order valence-electron chi connectivity index (χ0n) is 12.6. The number of hydrogen-bond acceptors (Lipinski definition) is 3. The lowest BCUT2D eigenvalue weighted by atomic mass is 10.0. The number of nitrogens with zero attached hydrogens (tertiary/aromatic N) is 1. The molecule has 0 saturated carbocycles. The van der Waals surface area contributed by atoms with Crippen LogP contribution in [0.2, 0.25) is 0 Å². The highest BCUT2D eigenvalue weighted by Gasteiger charge is 2.41. The highest BCUT2D eigenvalue weighted by Crippen LogP contribution is 2.34. The molecule has 1 saturated heterocycles. The normalized spacial score (nSPS) is 21.6. The first-order valence-corrected chi connectivity index (χ1v) is 8.25. The monoisotopic (exact) mass is 307 g/mol. The Hall–Kier alpha value is -1.49. The van der Waals surface area contributed by atoms with E-state index < -0.39 is 12.0 Å². The number of carbonyl (C=O) groups excluding carboxylic acids is 1. The minimum absolute atomic E-state index is 0.0384. The molecule has 1 amide bonds. The number of aliphatic carboxylic acids is 1. The van der Waals surface area contributed by atoms with Gasteiger partial charge in [-0.2, -0.15) is 0 Å². The summed E-state index contributed by atoms with van der Waals surface area (Å²) in [4.78, 5) is 25.9. The lowest BCUT2D eigenvalue weighted by molar-refractivity contribution is -0.141. The van der Waals surface area contributed by atoms with Gasteiger partial charge in [0.1, 0.15) is 6.04 Å². The Morgan fingerprint density at radius 3 is 2.71 bits per heavy atom. The second-order valence-corrected chi connectivity index (χ2v) is 6.67. The maximum atomic E-state index is 12.9. The van der Waals surface area contributed by atoms with Crippen LogP contribution < -0.4 is 0 Å². The van der Waals surface area contributed by atoms with Crippen molar-refractivity contribution in [1.29, 1.82) is 0 Å². The number of carboxylic acid groups (broad SMARTS) is 1. The third-order valence-corrected chi connectivity index (χ3v) is 5.13. The zero-order valence-corrected chi connectivity index (χ0v) is 13.4. The quantitative estimate of drug-likeness (QED) is 0.929. The van der Waals surface area contributed by atoms with Crippen LogP contribution in [0.25, 0.3) is 0 Å². The number of hydrogen-bond donors (Lipinski definition) is 1. The molecule has 114 valence electrons. The molecule has 1 aromatic carbocycles. The van der Waals surface area contributed by atoms with Crippen molar-refractivity contribution in [2.45, 2.75) is 45.0 Å². The fraction of sp³-hybridized carbons (Fsp3) is 0.500. The van der Waals surface area contributed by atoms with E-state index in [-0.39, 0.29) is 11.3 Å². The Balaban J connectivity index is 2.36. The maximum Gasteiger partial charge on any atom is 0.327 e. The van der Waals surface area contributed by atoms with Crippen LogP contribution in [0.4, 0.5) is 0 Å². The summed E-state index contributed by atoms with van der Waals surface area (Å²) >= 11 is 1.57. The van der Waals surface area contributed by atoms with E-state index in [2.05, 4.69) is 6.92 Å². The summed E-state index contributed by atoms with van der Waals surface area (Å²) in [5, 5.41) is 9.34. The average molecular weight is 307 g/mol. The summed E-state index contributed by atoms with van der Waals surface area (Å²) in [6, 6.07) is 5.00. The Kier molecular flexibility index (Phi) is 4.93. The van der Waals surface area contributed by atoms with Gasteiger partial charge >= 0.3 is 5.97 Å². The van der Waals surface area contributed by atoms with Gasteiger partial charge in [0.2, 0.25) is 0 Å². The molecule has 1 fully saturated rings. The summed E-state index contributed by atoms with van der Waals surface area (Å²) in [5.41, 5.74) is 2.52. The van der Waals surface area contributed by atoms with Crippen molar-refractivity contribution in [1.82, 2.24) is 4.90 Å². The number of aryl methyl sites for hydroxylation is 2. The summed E-state index contributed by atoms with van der Waals surface area (Å²) in [7, 11) is 0. The lowest BCUT2D eigenvalue weighted by Crippen LogP contribution is -2.45. The number of amides is 1. The van der Waals surface area contributed by atoms with Gasteiger partial charge in [-0.25, -0.2) is 4.79 Å². The Labute approximate surface area is 129 Å². The molecule has 0 bridgehead atoms. The fourth-order valence-electron chi connectivity index (χ4n) is 2.60. The van der Waals surface area contributed by atoms with Gasteiger partial charge in [-0.05, 0) is 31.9 Å². The van der Waals surface area contributed by atoms with Crippen molar-refractivity contribution in [3.63, 3.8) is 0 Å². The van der Waals surface area contributed by atoms with Gasteiger partial charge in [-0.3, -0.25) is 4.79 Å². The summed E-state index contributed by atoms with van der Waals surface area (Å²) in [6.45, 7) is 5.88. The second-order valence-electron chi connectivity index (χ2n) is 5.46. The van der Waals surface area contributed by atoms with E-state index in [9.17, 15) is 14.7 Å². The van der Waals surface area contributed by atoms with Crippen LogP contribution in [0.15, 0.2) is 18.2 Å². The largest absolute Gasteiger partial charge is 0.480 e. The highest BCUT2D eigenvalue weighted by molar-refractivity contribution is 8.00. The van der Waals surface area contributed by atoms with Crippen molar-refractivity contribution in [2.24, 2.45) is 0 Å². The number of carboxylic acids is 1. The molecule has 1 aromatic rings. The minimum atomic E-state index is -0.917. The first-order valence-electron chi connectivity index (χ1n) is 7.20. The topological polar surface area (TPSA) is 57.6 Å². The van der Waals surface area contributed by atoms with Gasteiger partial charge in [0.05, 0.1) is 5.37 Å². The molecule has 1 heterocycles. The van der Waals surface area contributed by atoms with E-state index in [0.29, 0.717) is 11.3 Å². The highest BCUT2D eigenvalue weighted by atomic mass is 32.2. The van der Waals surface area contributed by atoms with Gasteiger partial charge in [0.25, 0.3) is 5.91 Å². The van der Waals surface area contributed by atoms with E-state index in [1.807, 2.05) is 32.0 Å². The third kappa shape index (κ3) is 3.23. The molecule has 1 aliphatic rings. The average Bonchev–Trinajstić information content (AvgIpc) is 2.85.